The first-order valence-electron chi connectivity index (χ1n) is 5.32. The first-order chi connectivity index (χ1) is 6.75. The van der Waals surface area contributed by atoms with Gasteiger partial charge in [0.2, 0.25) is 0 Å². The van der Waals surface area contributed by atoms with E-state index in [0.29, 0.717) is 6.04 Å². The van der Waals surface area contributed by atoms with E-state index in [2.05, 4.69) is 22.3 Å². The smallest absolute Gasteiger partial charge is 0.140 e. The van der Waals surface area contributed by atoms with E-state index in [1.807, 2.05) is 11.7 Å². The summed E-state index contributed by atoms with van der Waals surface area (Å²) < 4.78 is 1.82. The molecular formula is C10H18N4. The van der Waals surface area contributed by atoms with Gasteiger partial charge in [0, 0.05) is 13.1 Å². The van der Waals surface area contributed by atoms with E-state index in [9.17, 15) is 0 Å². The molecule has 4 nitrogen and oxygen atoms in total. The second-order valence-electron chi connectivity index (χ2n) is 4.30. The minimum absolute atomic E-state index is 0.682. The van der Waals surface area contributed by atoms with Crippen LogP contribution in [0, 0.1) is 5.92 Å². The van der Waals surface area contributed by atoms with Crippen molar-refractivity contribution in [2.45, 2.75) is 38.8 Å². The van der Waals surface area contributed by atoms with E-state index in [4.69, 9.17) is 0 Å². The Bertz CT molecular complexity index is 294. The molecule has 4 heteroatoms. The average Bonchev–Trinajstić information content (AvgIpc) is 2.72. The highest BCUT2D eigenvalue weighted by Gasteiger charge is 2.20. The van der Waals surface area contributed by atoms with Crippen LogP contribution in [0.25, 0.3) is 0 Å². The maximum Gasteiger partial charge on any atom is 0.140 e. The Hall–Kier alpha value is -0.900. The van der Waals surface area contributed by atoms with Gasteiger partial charge in [-0.15, -0.1) is 0 Å². The molecule has 2 atom stereocenters. The largest absolute Gasteiger partial charge is 0.307 e. The number of nitrogens with one attached hydrogen (secondary N) is 1. The minimum Gasteiger partial charge on any atom is -0.307 e. The summed E-state index contributed by atoms with van der Waals surface area (Å²) in [5.41, 5.74) is 0. The molecule has 0 aromatic carbocycles. The third-order valence-corrected chi connectivity index (χ3v) is 3.05. The average molecular weight is 194 g/mol. The molecule has 1 aromatic rings. The number of aryl methyl sites for hydroxylation is 1. The molecule has 1 aromatic heterocycles. The van der Waals surface area contributed by atoms with Crippen LogP contribution in [-0.2, 0) is 13.6 Å². The Morgan fingerprint density at radius 2 is 2.43 bits per heavy atom. The van der Waals surface area contributed by atoms with Crippen molar-refractivity contribution >= 4 is 0 Å². The van der Waals surface area contributed by atoms with Crippen LogP contribution in [0.15, 0.2) is 6.33 Å². The molecule has 0 spiro atoms. The Balaban J connectivity index is 1.80. The predicted molar refractivity (Wildman–Crippen MR) is 54.6 cm³/mol. The molecule has 0 amide bonds. The molecule has 2 rings (SSSR count). The number of hydrogen-bond acceptors (Lipinski definition) is 3. The molecule has 1 saturated carbocycles. The molecule has 0 aliphatic heterocycles. The van der Waals surface area contributed by atoms with Crippen LogP contribution in [0.3, 0.4) is 0 Å². The first-order valence-corrected chi connectivity index (χ1v) is 5.32. The fraction of sp³-hybridized carbons (Fsp3) is 0.800. The lowest BCUT2D eigenvalue weighted by atomic mass is 10.1. The Morgan fingerprint density at radius 3 is 3.00 bits per heavy atom. The van der Waals surface area contributed by atoms with E-state index in [-0.39, 0.29) is 0 Å². The summed E-state index contributed by atoms with van der Waals surface area (Å²) in [6.45, 7) is 3.16. The maximum atomic E-state index is 4.19. The molecule has 0 bridgehead atoms. The zero-order chi connectivity index (χ0) is 9.97. The summed E-state index contributed by atoms with van der Waals surface area (Å²) >= 11 is 0. The van der Waals surface area contributed by atoms with Crippen LogP contribution in [0.1, 0.15) is 32.0 Å². The lowest BCUT2D eigenvalue weighted by Gasteiger charge is -2.11. The van der Waals surface area contributed by atoms with E-state index < -0.39 is 0 Å². The van der Waals surface area contributed by atoms with Crippen molar-refractivity contribution in [1.29, 1.82) is 0 Å². The molecule has 2 unspecified atom stereocenters. The summed E-state index contributed by atoms with van der Waals surface area (Å²) in [6.07, 6.45) is 5.57. The Labute approximate surface area is 84.7 Å². The topological polar surface area (TPSA) is 42.7 Å². The zero-order valence-corrected chi connectivity index (χ0v) is 8.90. The second kappa shape index (κ2) is 4.09. The number of rotatable bonds is 3. The standard InChI is InChI=1S/C10H18N4/c1-8-3-4-9(5-8)11-6-10-12-7-13-14(10)2/h7-9,11H,3-6H2,1-2H3. The van der Waals surface area contributed by atoms with E-state index in [0.717, 1.165) is 18.3 Å². The van der Waals surface area contributed by atoms with Gasteiger partial charge in [-0.1, -0.05) is 6.92 Å². The summed E-state index contributed by atoms with van der Waals surface area (Å²) in [5, 5.41) is 7.57. The summed E-state index contributed by atoms with van der Waals surface area (Å²) in [4.78, 5) is 4.19. The van der Waals surface area contributed by atoms with Gasteiger partial charge in [-0.3, -0.25) is 4.68 Å². The number of nitrogens with zero attached hydrogens (tertiary/aromatic N) is 3. The monoisotopic (exact) mass is 194 g/mol. The van der Waals surface area contributed by atoms with Gasteiger partial charge in [0.15, 0.2) is 0 Å². The lowest BCUT2D eigenvalue weighted by Crippen LogP contribution is -2.27. The van der Waals surface area contributed by atoms with Crippen molar-refractivity contribution < 1.29 is 0 Å². The van der Waals surface area contributed by atoms with Crippen molar-refractivity contribution in [2.24, 2.45) is 13.0 Å². The van der Waals surface area contributed by atoms with Crippen LogP contribution >= 0.6 is 0 Å². The van der Waals surface area contributed by atoms with E-state index in [1.165, 1.54) is 19.3 Å². The Kier molecular flexibility index (Phi) is 2.82. The maximum absolute atomic E-state index is 4.19. The highest BCUT2D eigenvalue weighted by Crippen LogP contribution is 2.24. The molecule has 78 valence electrons. The van der Waals surface area contributed by atoms with Crippen LogP contribution in [-0.4, -0.2) is 20.8 Å². The second-order valence-corrected chi connectivity index (χ2v) is 4.30. The third kappa shape index (κ3) is 2.12. The Morgan fingerprint density at radius 1 is 1.57 bits per heavy atom. The van der Waals surface area contributed by atoms with Gasteiger partial charge in [-0.25, -0.2) is 4.98 Å². The fourth-order valence-electron chi connectivity index (χ4n) is 2.11. The van der Waals surface area contributed by atoms with Crippen molar-refractivity contribution in [2.75, 3.05) is 0 Å². The fourth-order valence-corrected chi connectivity index (χ4v) is 2.11. The van der Waals surface area contributed by atoms with E-state index in [1.54, 1.807) is 6.33 Å². The normalized spacial score (nSPS) is 27.0. The van der Waals surface area contributed by atoms with Crippen LogP contribution < -0.4 is 5.32 Å². The van der Waals surface area contributed by atoms with Crippen molar-refractivity contribution in [3.63, 3.8) is 0 Å². The predicted octanol–water partition coefficient (Wildman–Crippen LogP) is 1.09. The molecule has 1 aliphatic rings. The number of hydrogen-bond donors (Lipinski definition) is 1. The van der Waals surface area contributed by atoms with Gasteiger partial charge >= 0.3 is 0 Å². The molecule has 0 saturated heterocycles. The molecule has 0 radical (unpaired) electrons. The third-order valence-electron chi connectivity index (χ3n) is 3.05. The van der Waals surface area contributed by atoms with Gasteiger partial charge in [0.1, 0.15) is 12.2 Å². The van der Waals surface area contributed by atoms with Crippen molar-refractivity contribution in [3.8, 4) is 0 Å². The highest BCUT2D eigenvalue weighted by molar-refractivity contribution is 4.85. The van der Waals surface area contributed by atoms with Gasteiger partial charge in [0.05, 0.1) is 6.54 Å². The molecule has 1 aliphatic carbocycles. The van der Waals surface area contributed by atoms with Gasteiger partial charge in [-0.05, 0) is 25.2 Å². The lowest BCUT2D eigenvalue weighted by molar-refractivity contribution is 0.485. The van der Waals surface area contributed by atoms with Crippen LogP contribution in [0.5, 0.6) is 0 Å². The SMILES string of the molecule is CC1CCC(NCc2ncnn2C)C1. The molecule has 1 heterocycles. The van der Waals surface area contributed by atoms with E-state index >= 15 is 0 Å². The summed E-state index contributed by atoms with van der Waals surface area (Å²) in [6, 6.07) is 0.682. The van der Waals surface area contributed by atoms with Crippen LogP contribution in [0.4, 0.5) is 0 Å². The summed E-state index contributed by atoms with van der Waals surface area (Å²) in [5.74, 6) is 1.90. The zero-order valence-electron chi connectivity index (χ0n) is 8.90. The summed E-state index contributed by atoms with van der Waals surface area (Å²) in [7, 11) is 1.93. The molecule has 1 N–H and O–H groups in total. The number of aromatic nitrogens is 3. The van der Waals surface area contributed by atoms with Gasteiger partial charge in [-0.2, -0.15) is 5.10 Å². The van der Waals surface area contributed by atoms with Gasteiger partial charge < -0.3 is 5.32 Å². The molecule has 1 fully saturated rings. The van der Waals surface area contributed by atoms with Crippen LogP contribution in [0.2, 0.25) is 0 Å². The quantitative estimate of drug-likeness (QED) is 0.783. The molecule has 14 heavy (non-hydrogen) atoms. The molecular weight excluding hydrogens is 176 g/mol. The van der Waals surface area contributed by atoms with Gasteiger partial charge in [0.25, 0.3) is 0 Å². The first kappa shape index (κ1) is 9.65. The minimum atomic E-state index is 0.682. The van der Waals surface area contributed by atoms with Crippen molar-refractivity contribution in [3.05, 3.63) is 12.2 Å². The highest BCUT2D eigenvalue weighted by atomic mass is 15.3. The van der Waals surface area contributed by atoms with Crippen molar-refractivity contribution in [1.82, 2.24) is 20.1 Å².